The van der Waals surface area contributed by atoms with Crippen LogP contribution >= 0.6 is 0 Å². The number of amides is 1. The van der Waals surface area contributed by atoms with Gasteiger partial charge in [-0.15, -0.1) is 0 Å². The third-order valence-corrected chi connectivity index (χ3v) is 3.46. The first-order chi connectivity index (χ1) is 12.5. The van der Waals surface area contributed by atoms with Gasteiger partial charge in [-0.25, -0.2) is 4.79 Å². The third-order valence-electron chi connectivity index (χ3n) is 3.46. The van der Waals surface area contributed by atoms with E-state index in [1.54, 1.807) is 26.0 Å². The second kappa shape index (κ2) is 8.91. The third kappa shape index (κ3) is 4.54. The maximum absolute atomic E-state index is 12.5. The molecular weight excluding hydrogens is 338 g/mol. The highest BCUT2D eigenvalue weighted by Gasteiger charge is 2.20. The summed E-state index contributed by atoms with van der Waals surface area (Å²) in [6.07, 6.45) is 0. The van der Waals surface area contributed by atoms with E-state index >= 15 is 0 Å². The number of nitrogens with zero attached hydrogens (tertiary/aromatic N) is 2. The zero-order chi connectivity index (χ0) is 19.1. The van der Waals surface area contributed by atoms with Crippen molar-refractivity contribution in [1.82, 2.24) is 9.78 Å². The van der Waals surface area contributed by atoms with Gasteiger partial charge < -0.3 is 14.8 Å². The van der Waals surface area contributed by atoms with Crippen molar-refractivity contribution >= 4 is 17.6 Å². The first-order valence-electron chi connectivity index (χ1n) is 8.23. The number of nitrogens with one attached hydrogen (secondary N) is 1. The molecule has 8 heteroatoms. The van der Waals surface area contributed by atoms with Crippen LogP contribution in [0.15, 0.2) is 35.1 Å². The number of benzene rings is 1. The van der Waals surface area contributed by atoms with Gasteiger partial charge in [0.1, 0.15) is 6.61 Å². The number of hydrogen-bond acceptors (Lipinski definition) is 6. The quantitative estimate of drug-likeness (QED) is 0.755. The molecule has 0 bridgehead atoms. The molecule has 1 aromatic heterocycles. The minimum atomic E-state index is -0.735. The lowest BCUT2D eigenvalue weighted by molar-refractivity contribution is -0.120. The van der Waals surface area contributed by atoms with Crippen LogP contribution in [0.2, 0.25) is 0 Å². The number of hydrogen-bond donors (Lipinski definition) is 1. The van der Waals surface area contributed by atoms with Gasteiger partial charge in [-0.2, -0.15) is 9.78 Å². The number of carbonyl (C=O) groups excluding carboxylic acids is 2. The summed E-state index contributed by atoms with van der Waals surface area (Å²) in [6, 6.07) is 8.28. The number of para-hydroxylation sites is 1. The molecule has 0 radical (unpaired) electrons. The lowest BCUT2D eigenvalue weighted by Gasteiger charge is -2.13. The maximum Gasteiger partial charge on any atom is 0.360 e. The summed E-state index contributed by atoms with van der Waals surface area (Å²) >= 11 is 0. The minimum absolute atomic E-state index is 0.0111. The molecule has 0 spiro atoms. The molecular formula is C18H21N3O5. The van der Waals surface area contributed by atoms with Gasteiger partial charge in [-0.05, 0) is 32.4 Å². The smallest absolute Gasteiger partial charge is 0.360 e. The van der Waals surface area contributed by atoms with Crippen molar-refractivity contribution in [3.8, 4) is 5.69 Å². The molecule has 8 nitrogen and oxygen atoms in total. The van der Waals surface area contributed by atoms with Crippen molar-refractivity contribution in [2.75, 3.05) is 25.1 Å². The molecule has 0 atom stereocenters. The highest BCUT2D eigenvalue weighted by Crippen LogP contribution is 2.15. The van der Waals surface area contributed by atoms with Crippen LogP contribution in [0.3, 0.4) is 0 Å². The summed E-state index contributed by atoms with van der Waals surface area (Å²) in [6.45, 7) is 5.54. The maximum atomic E-state index is 12.5. The normalized spacial score (nSPS) is 10.4. The van der Waals surface area contributed by atoms with E-state index in [1.165, 1.54) is 0 Å². The van der Waals surface area contributed by atoms with Crippen LogP contribution in [0.25, 0.3) is 5.69 Å². The van der Waals surface area contributed by atoms with Gasteiger partial charge >= 0.3 is 5.97 Å². The van der Waals surface area contributed by atoms with Gasteiger partial charge in [0, 0.05) is 12.7 Å². The summed E-state index contributed by atoms with van der Waals surface area (Å²) in [5, 5.41) is 6.61. The SMILES string of the molecule is CCOCC(=O)Nc1cc(=O)n(-c2ccccc2C)nc1C(=O)OCC. The van der Waals surface area contributed by atoms with E-state index in [4.69, 9.17) is 9.47 Å². The molecule has 0 saturated heterocycles. The van der Waals surface area contributed by atoms with Crippen molar-refractivity contribution in [2.45, 2.75) is 20.8 Å². The first kappa shape index (κ1) is 19.3. The van der Waals surface area contributed by atoms with E-state index in [2.05, 4.69) is 10.4 Å². The lowest BCUT2D eigenvalue weighted by atomic mass is 10.2. The number of rotatable bonds is 7. The Hall–Kier alpha value is -3.00. The molecule has 0 aliphatic heterocycles. The predicted octanol–water partition coefficient (Wildman–Crippen LogP) is 1.69. The molecule has 0 unspecified atom stereocenters. The fourth-order valence-electron chi connectivity index (χ4n) is 2.26. The van der Waals surface area contributed by atoms with Crippen LogP contribution in [0.4, 0.5) is 5.69 Å². The summed E-state index contributed by atoms with van der Waals surface area (Å²) in [7, 11) is 0. The van der Waals surface area contributed by atoms with Gasteiger partial charge in [0.15, 0.2) is 5.69 Å². The zero-order valence-electron chi connectivity index (χ0n) is 14.9. The Kier molecular flexibility index (Phi) is 6.62. The Morgan fingerprint density at radius 3 is 2.58 bits per heavy atom. The van der Waals surface area contributed by atoms with Crippen LogP contribution in [-0.2, 0) is 14.3 Å². The molecule has 1 amide bonds. The number of esters is 1. The van der Waals surface area contributed by atoms with Crippen LogP contribution in [0, 0.1) is 6.92 Å². The van der Waals surface area contributed by atoms with E-state index in [0.29, 0.717) is 12.3 Å². The van der Waals surface area contributed by atoms with Gasteiger partial charge in [-0.1, -0.05) is 18.2 Å². The lowest BCUT2D eigenvalue weighted by Crippen LogP contribution is -2.28. The predicted molar refractivity (Wildman–Crippen MR) is 95.7 cm³/mol. The van der Waals surface area contributed by atoms with Gasteiger partial charge in [-0.3, -0.25) is 9.59 Å². The Morgan fingerprint density at radius 2 is 1.92 bits per heavy atom. The van der Waals surface area contributed by atoms with E-state index < -0.39 is 17.4 Å². The van der Waals surface area contributed by atoms with Crippen molar-refractivity contribution in [1.29, 1.82) is 0 Å². The highest BCUT2D eigenvalue weighted by molar-refractivity contribution is 6.00. The molecule has 1 N–H and O–H groups in total. The monoisotopic (exact) mass is 359 g/mol. The average molecular weight is 359 g/mol. The second-order valence-electron chi connectivity index (χ2n) is 5.35. The van der Waals surface area contributed by atoms with Crippen molar-refractivity contribution in [3.63, 3.8) is 0 Å². The van der Waals surface area contributed by atoms with Crippen LogP contribution in [0.5, 0.6) is 0 Å². The number of carbonyl (C=O) groups is 2. The van der Waals surface area contributed by atoms with Crippen molar-refractivity contribution < 1.29 is 19.1 Å². The number of aromatic nitrogens is 2. The van der Waals surface area contributed by atoms with E-state index in [9.17, 15) is 14.4 Å². The van der Waals surface area contributed by atoms with Crippen molar-refractivity contribution in [3.05, 3.63) is 51.9 Å². The molecule has 0 aliphatic rings. The Bertz CT molecular complexity index is 860. The Labute approximate surface area is 150 Å². The molecule has 1 aromatic carbocycles. The summed E-state index contributed by atoms with van der Waals surface area (Å²) in [5.74, 6) is -1.23. The van der Waals surface area contributed by atoms with E-state index in [1.807, 2.05) is 19.1 Å². The molecule has 2 aromatic rings. The number of ether oxygens (including phenoxy) is 2. The van der Waals surface area contributed by atoms with Crippen LogP contribution in [0.1, 0.15) is 29.9 Å². The number of anilines is 1. The van der Waals surface area contributed by atoms with Gasteiger partial charge in [0.05, 0.1) is 18.0 Å². The highest BCUT2D eigenvalue weighted by atomic mass is 16.5. The Morgan fingerprint density at radius 1 is 1.19 bits per heavy atom. The fourth-order valence-corrected chi connectivity index (χ4v) is 2.26. The largest absolute Gasteiger partial charge is 0.461 e. The molecule has 0 aliphatic carbocycles. The number of aryl methyl sites for hydroxylation is 1. The first-order valence-corrected chi connectivity index (χ1v) is 8.23. The molecule has 2 rings (SSSR count). The topological polar surface area (TPSA) is 99.5 Å². The van der Waals surface area contributed by atoms with Crippen molar-refractivity contribution in [2.24, 2.45) is 0 Å². The van der Waals surface area contributed by atoms with Gasteiger partial charge in [0.2, 0.25) is 5.91 Å². The minimum Gasteiger partial charge on any atom is -0.461 e. The van der Waals surface area contributed by atoms with Crippen LogP contribution < -0.4 is 10.9 Å². The molecule has 26 heavy (non-hydrogen) atoms. The Balaban J connectivity index is 2.50. The summed E-state index contributed by atoms with van der Waals surface area (Å²) in [4.78, 5) is 36.6. The molecule has 138 valence electrons. The summed E-state index contributed by atoms with van der Waals surface area (Å²) in [5.41, 5.74) is 0.696. The average Bonchev–Trinajstić information content (AvgIpc) is 2.61. The zero-order valence-corrected chi connectivity index (χ0v) is 14.9. The standard InChI is InChI=1S/C18H21N3O5/c1-4-25-11-15(22)19-13-10-16(23)21(14-9-7-6-8-12(14)3)20-17(13)18(24)26-5-2/h6-10H,4-5,11H2,1-3H3,(H,19,22). The molecule has 0 fully saturated rings. The molecule has 0 saturated carbocycles. The molecule has 1 heterocycles. The van der Waals surface area contributed by atoms with E-state index in [0.717, 1.165) is 16.3 Å². The fraction of sp³-hybridized carbons (Fsp3) is 0.333. The van der Waals surface area contributed by atoms with Crippen LogP contribution in [-0.4, -0.2) is 41.5 Å². The van der Waals surface area contributed by atoms with Gasteiger partial charge in [0.25, 0.3) is 5.56 Å². The summed E-state index contributed by atoms with van der Waals surface area (Å²) < 4.78 is 11.1. The van der Waals surface area contributed by atoms with E-state index in [-0.39, 0.29) is 24.6 Å². The second-order valence-corrected chi connectivity index (χ2v) is 5.35.